The molecule has 5 heteroatoms. The number of rotatable bonds is 6. The third kappa shape index (κ3) is 4.80. The predicted molar refractivity (Wildman–Crippen MR) is 93.7 cm³/mol. The highest BCUT2D eigenvalue weighted by molar-refractivity contribution is 9.10. The highest BCUT2D eigenvalue weighted by Crippen LogP contribution is 2.34. The Morgan fingerprint density at radius 2 is 1.71 bits per heavy atom. The number of benzene rings is 2. The summed E-state index contributed by atoms with van der Waals surface area (Å²) in [5.41, 5.74) is 2.05. The second-order valence-corrected chi connectivity index (χ2v) is 6.33. The van der Waals surface area contributed by atoms with Crippen molar-refractivity contribution >= 4 is 44.8 Å². The Balaban J connectivity index is 2.05. The average Bonchev–Trinajstić information content (AvgIpc) is 2.46. The molecule has 1 N–H and O–H groups in total. The second-order valence-electron chi connectivity index (χ2n) is 4.60. The SMILES string of the molecule is CCCOc1c(Cl)cc(CNc2ccc(Br)cc2)cc1Cl. The molecule has 2 aromatic carbocycles. The highest BCUT2D eigenvalue weighted by Gasteiger charge is 2.09. The van der Waals surface area contributed by atoms with Gasteiger partial charge in [-0.2, -0.15) is 0 Å². The van der Waals surface area contributed by atoms with E-state index in [1.165, 1.54) is 0 Å². The van der Waals surface area contributed by atoms with Gasteiger partial charge in [0.2, 0.25) is 0 Å². The lowest BCUT2D eigenvalue weighted by atomic mass is 10.2. The Morgan fingerprint density at radius 1 is 1.10 bits per heavy atom. The zero-order valence-corrected chi connectivity index (χ0v) is 14.7. The quantitative estimate of drug-likeness (QED) is 0.639. The van der Waals surface area contributed by atoms with E-state index < -0.39 is 0 Å². The first-order valence-corrected chi connectivity index (χ1v) is 8.25. The van der Waals surface area contributed by atoms with Gasteiger partial charge in [0.1, 0.15) is 0 Å². The van der Waals surface area contributed by atoms with Gasteiger partial charge in [0, 0.05) is 16.7 Å². The van der Waals surface area contributed by atoms with E-state index in [0.29, 0.717) is 28.9 Å². The van der Waals surface area contributed by atoms with Crippen LogP contribution in [0.15, 0.2) is 40.9 Å². The molecule has 2 aromatic rings. The third-order valence-electron chi connectivity index (χ3n) is 2.85. The maximum atomic E-state index is 6.23. The lowest BCUT2D eigenvalue weighted by Gasteiger charge is -2.12. The fourth-order valence-corrected chi connectivity index (χ4v) is 2.73. The minimum Gasteiger partial charge on any atom is -0.490 e. The highest BCUT2D eigenvalue weighted by atomic mass is 79.9. The van der Waals surface area contributed by atoms with Crippen molar-refractivity contribution in [2.75, 3.05) is 11.9 Å². The molecule has 0 bridgehead atoms. The van der Waals surface area contributed by atoms with Crippen molar-refractivity contribution in [3.05, 3.63) is 56.5 Å². The number of halogens is 3. The summed E-state index contributed by atoms with van der Waals surface area (Å²) in [4.78, 5) is 0. The van der Waals surface area contributed by atoms with Crippen molar-refractivity contribution in [1.29, 1.82) is 0 Å². The van der Waals surface area contributed by atoms with Crippen LogP contribution in [0.2, 0.25) is 10.0 Å². The molecule has 0 spiro atoms. The maximum absolute atomic E-state index is 6.23. The number of ether oxygens (including phenoxy) is 1. The molecule has 0 amide bonds. The van der Waals surface area contributed by atoms with Gasteiger partial charge in [0.15, 0.2) is 5.75 Å². The summed E-state index contributed by atoms with van der Waals surface area (Å²) >= 11 is 15.9. The Kier molecular flexibility index (Phi) is 6.22. The number of hydrogen-bond donors (Lipinski definition) is 1. The third-order valence-corrected chi connectivity index (χ3v) is 3.94. The van der Waals surface area contributed by atoms with Gasteiger partial charge < -0.3 is 10.1 Å². The Morgan fingerprint density at radius 3 is 2.29 bits per heavy atom. The van der Waals surface area contributed by atoms with Crippen LogP contribution in [0.1, 0.15) is 18.9 Å². The molecule has 0 heterocycles. The zero-order valence-electron chi connectivity index (χ0n) is 11.6. The number of anilines is 1. The van der Waals surface area contributed by atoms with Crippen LogP contribution in [0.25, 0.3) is 0 Å². The van der Waals surface area contributed by atoms with E-state index in [9.17, 15) is 0 Å². The van der Waals surface area contributed by atoms with Gasteiger partial charge >= 0.3 is 0 Å². The Bertz CT molecular complexity index is 579. The molecule has 21 heavy (non-hydrogen) atoms. The van der Waals surface area contributed by atoms with Crippen molar-refractivity contribution in [2.45, 2.75) is 19.9 Å². The van der Waals surface area contributed by atoms with Crippen molar-refractivity contribution in [2.24, 2.45) is 0 Å². The van der Waals surface area contributed by atoms with Crippen LogP contribution < -0.4 is 10.1 Å². The summed E-state index contributed by atoms with van der Waals surface area (Å²) < 4.78 is 6.61. The van der Waals surface area contributed by atoms with Crippen molar-refractivity contribution in [3.63, 3.8) is 0 Å². The molecule has 0 radical (unpaired) electrons. The lowest BCUT2D eigenvalue weighted by Crippen LogP contribution is -2.01. The molecule has 0 saturated carbocycles. The van der Waals surface area contributed by atoms with Gasteiger partial charge in [-0.05, 0) is 48.4 Å². The van der Waals surface area contributed by atoms with Crippen molar-refractivity contribution in [3.8, 4) is 5.75 Å². The van der Waals surface area contributed by atoms with Gasteiger partial charge in [-0.15, -0.1) is 0 Å². The smallest absolute Gasteiger partial charge is 0.156 e. The van der Waals surface area contributed by atoms with Gasteiger partial charge in [-0.1, -0.05) is 46.1 Å². The van der Waals surface area contributed by atoms with E-state index >= 15 is 0 Å². The molecular formula is C16H16BrCl2NO. The molecule has 0 unspecified atom stereocenters. The van der Waals surface area contributed by atoms with Crippen LogP contribution in [-0.4, -0.2) is 6.61 Å². The second kappa shape index (κ2) is 7.92. The molecule has 0 aliphatic heterocycles. The number of nitrogens with one attached hydrogen (secondary N) is 1. The normalized spacial score (nSPS) is 10.5. The van der Waals surface area contributed by atoms with Crippen LogP contribution >= 0.6 is 39.1 Å². The van der Waals surface area contributed by atoms with Gasteiger partial charge in [0.25, 0.3) is 0 Å². The average molecular weight is 389 g/mol. The molecule has 2 rings (SSSR count). The summed E-state index contributed by atoms with van der Waals surface area (Å²) in [6.07, 6.45) is 0.916. The topological polar surface area (TPSA) is 21.3 Å². The largest absolute Gasteiger partial charge is 0.490 e. The Hall–Kier alpha value is -0.900. The van der Waals surface area contributed by atoms with Crippen LogP contribution in [0.4, 0.5) is 5.69 Å². The first kappa shape index (κ1) is 16.5. The van der Waals surface area contributed by atoms with Gasteiger partial charge in [0.05, 0.1) is 16.7 Å². The lowest BCUT2D eigenvalue weighted by molar-refractivity contribution is 0.318. The summed E-state index contributed by atoms with van der Waals surface area (Å²) in [6, 6.07) is 11.8. The first-order chi connectivity index (χ1) is 10.1. The van der Waals surface area contributed by atoms with Crippen LogP contribution in [0.5, 0.6) is 5.75 Å². The standard InChI is InChI=1S/C16H16BrCl2NO/c1-2-7-21-16-14(18)8-11(9-15(16)19)10-20-13-5-3-12(17)4-6-13/h3-6,8-9,20H,2,7,10H2,1H3. The maximum Gasteiger partial charge on any atom is 0.156 e. The summed E-state index contributed by atoms with van der Waals surface area (Å²) in [7, 11) is 0. The minimum atomic E-state index is 0.545. The monoisotopic (exact) mass is 387 g/mol. The number of hydrogen-bond acceptors (Lipinski definition) is 2. The predicted octanol–water partition coefficient (Wildman–Crippen LogP) is 6.16. The van der Waals surface area contributed by atoms with Crippen molar-refractivity contribution in [1.82, 2.24) is 0 Å². The molecule has 0 aliphatic carbocycles. The molecule has 112 valence electrons. The summed E-state index contributed by atoms with van der Waals surface area (Å²) in [6.45, 7) is 3.30. The van der Waals surface area contributed by atoms with E-state index in [1.807, 2.05) is 43.3 Å². The van der Waals surface area contributed by atoms with E-state index in [1.54, 1.807) is 0 Å². The van der Waals surface area contributed by atoms with Crippen LogP contribution in [-0.2, 0) is 6.54 Å². The first-order valence-electron chi connectivity index (χ1n) is 6.70. The molecule has 0 aromatic heterocycles. The molecule has 0 aliphatic rings. The van der Waals surface area contributed by atoms with Gasteiger partial charge in [-0.3, -0.25) is 0 Å². The van der Waals surface area contributed by atoms with E-state index in [4.69, 9.17) is 27.9 Å². The fraction of sp³-hybridized carbons (Fsp3) is 0.250. The Labute approximate surface area is 143 Å². The zero-order chi connectivity index (χ0) is 15.2. The molecular weight excluding hydrogens is 373 g/mol. The van der Waals surface area contributed by atoms with Crippen LogP contribution in [0.3, 0.4) is 0 Å². The minimum absolute atomic E-state index is 0.545. The fourth-order valence-electron chi connectivity index (χ4n) is 1.83. The summed E-state index contributed by atoms with van der Waals surface area (Å²) in [5.74, 6) is 0.563. The molecule has 0 saturated heterocycles. The molecule has 0 atom stereocenters. The summed E-state index contributed by atoms with van der Waals surface area (Å²) in [5, 5.41) is 4.42. The molecule has 0 fully saturated rings. The van der Waals surface area contributed by atoms with Crippen LogP contribution in [0, 0.1) is 0 Å². The van der Waals surface area contributed by atoms with E-state index in [2.05, 4.69) is 21.2 Å². The van der Waals surface area contributed by atoms with E-state index in [0.717, 1.165) is 22.1 Å². The van der Waals surface area contributed by atoms with Gasteiger partial charge in [-0.25, -0.2) is 0 Å². The van der Waals surface area contributed by atoms with Crippen molar-refractivity contribution < 1.29 is 4.74 Å². The van der Waals surface area contributed by atoms with E-state index in [-0.39, 0.29) is 0 Å². The molecule has 2 nitrogen and oxygen atoms in total.